The van der Waals surface area contributed by atoms with E-state index in [9.17, 15) is 10.1 Å². The molecule has 27 heavy (non-hydrogen) atoms. The molecule has 0 amide bonds. The van der Waals surface area contributed by atoms with Gasteiger partial charge in [0.05, 0.1) is 12.8 Å². The largest absolute Gasteiger partial charge is 0.497 e. The van der Waals surface area contributed by atoms with Crippen LogP contribution in [-0.2, 0) is 16.1 Å². The molecule has 0 bridgehead atoms. The molecule has 0 aliphatic heterocycles. The van der Waals surface area contributed by atoms with E-state index >= 15 is 0 Å². The topological polar surface area (TPSA) is 72.2 Å². The Kier molecular flexibility index (Phi) is 5.98. The van der Waals surface area contributed by atoms with Gasteiger partial charge in [-0.15, -0.1) is 11.3 Å². The third-order valence-corrected chi connectivity index (χ3v) is 4.54. The number of rotatable bonds is 6. The number of aromatic nitrogens is 1. The van der Waals surface area contributed by atoms with Gasteiger partial charge >= 0.3 is 5.97 Å². The fraction of sp³-hybridized carbons (Fsp3) is 0.0952. The fourth-order valence-electron chi connectivity index (χ4n) is 2.33. The maximum absolute atomic E-state index is 12.2. The Balaban J connectivity index is 1.64. The van der Waals surface area contributed by atoms with Crippen molar-refractivity contribution in [3.63, 3.8) is 0 Å². The van der Waals surface area contributed by atoms with E-state index < -0.39 is 5.97 Å². The highest BCUT2D eigenvalue weighted by Crippen LogP contribution is 2.22. The van der Waals surface area contributed by atoms with Crippen molar-refractivity contribution >= 4 is 23.4 Å². The number of thiazole rings is 1. The van der Waals surface area contributed by atoms with Crippen molar-refractivity contribution in [2.75, 3.05) is 7.11 Å². The van der Waals surface area contributed by atoms with Gasteiger partial charge in [-0.25, -0.2) is 9.78 Å². The summed E-state index contributed by atoms with van der Waals surface area (Å²) in [5.74, 6) is 0.0241. The third kappa shape index (κ3) is 4.81. The molecular formula is C21H16N2O3S. The van der Waals surface area contributed by atoms with Crippen molar-refractivity contribution in [2.24, 2.45) is 0 Å². The highest BCUT2D eigenvalue weighted by Gasteiger charge is 2.13. The molecule has 0 spiro atoms. The van der Waals surface area contributed by atoms with E-state index in [0.717, 1.165) is 11.3 Å². The summed E-state index contributed by atoms with van der Waals surface area (Å²) in [6, 6.07) is 18.7. The minimum absolute atomic E-state index is 0.0258. The first kappa shape index (κ1) is 18.4. The summed E-state index contributed by atoms with van der Waals surface area (Å²) in [4.78, 5) is 16.7. The van der Waals surface area contributed by atoms with Crippen molar-refractivity contribution < 1.29 is 14.3 Å². The van der Waals surface area contributed by atoms with Crippen molar-refractivity contribution in [1.82, 2.24) is 4.98 Å². The Morgan fingerprint density at radius 3 is 2.59 bits per heavy atom. The maximum Gasteiger partial charge on any atom is 0.349 e. The molecule has 134 valence electrons. The molecule has 1 aromatic heterocycles. The second kappa shape index (κ2) is 8.79. The molecule has 0 N–H and O–H groups in total. The van der Waals surface area contributed by atoms with Crippen LogP contribution in [-0.4, -0.2) is 18.1 Å². The molecule has 0 unspecified atom stereocenters. The van der Waals surface area contributed by atoms with Gasteiger partial charge in [0.25, 0.3) is 0 Å². The van der Waals surface area contributed by atoms with Crippen LogP contribution in [0.25, 0.3) is 17.3 Å². The molecule has 1 heterocycles. The number of carbonyl (C=O) groups is 1. The molecule has 0 aliphatic carbocycles. The Bertz CT molecular complexity index is 986. The Hall–Kier alpha value is -3.43. The molecule has 0 radical (unpaired) electrons. The first-order valence-electron chi connectivity index (χ1n) is 8.12. The summed E-state index contributed by atoms with van der Waals surface area (Å²) in [7, 11) is 1.57. The normalized spacial score (nSPS) is 10.9. The van der Waals surface area contributed by atoms with Gasteiger partial charge in [-0.1, -0.05) is 42.5 Å². The van der Waals surface area contributed by atoms with Crippen LogP contribution in [0.4, 0.5) is 0 Å². The molecule has 0 fully saturated rings. The predicted octanol–water partition coefficient (Wildman–Crippen LogP) is 4.47. The first-order chi connectivity index (χ1) is 13.2. The van der Waals surface area contributed by atoms with E-state index in [1.54, 1.807) is 31.4 Å². The van der Waals surface area contributed by atoms with Gasteiger partial charge in [0.1, 0.15) is 29.0 Å². The second-order valence-corrected chi connectivity index (χ2v) is 6.45. The van der Waals surface area contributed by atoms with E-state index in [0.29, 0.717) is 16.3 Å². The van der Waals surface area contributed by atoms with Crippen LogP contribution in [0.5, 0.6) is 5.75 Å². The number of carbonyl (C=O) groups excluding carboxylic acids is 1. The van der Waals surface area contributed by atoms with E-state index in [-0.39, 0.29) is 12.2 Å². The van der Waals surface area contributed by atoms with Crippen LogP contribution in [0, 0.1) is 11.3 Å². The quantitative estimate of drug-likeness (QED) is 0.361. The number of ether oxygens (including phenoxy) is 2. The molecule has 0 aliphatic rings. The zero-order chi connectivity index (χ0) is 19.1. The lowest BCUT2D eigenvalue weighted by Gasteiger charge is -2.02. The zero-order valence-electron chi connectivity index (χ0n) is 14.6. The SMILES string of the molecule is COc1ccc(/C=C(\C#N)C(=O)OCc2nc(-c3ccccc3)cs2)cc1. The van der Waals surface area contributed by atoms with Crippen LogP contribution in [0.1, 0.15) is 10.6 Å². The Labute approximate surface area is 161 Å². The van der Waals surface area contributed by atoms with E-state index in [1.165, 1.54) is 17.4 Å². The summed E-state index contributed by atoms with van der Waals surface area (Å²) in [5.41, 5.74) is 2.48. The molecule has 6 heteroatoms. The van der Waals surface area contributed by atoms with Crippen LogP contribution < -0.4 is 4.74 Å². The lowest BCUT2D eigenvalue weighted by Crippen LogP contribution is -2.06. The average molecular weight is 376 g/mol. The summed E-state index contributed by atoms with van der Waals surface area (Å²) >= 11 is 1.41. The molecule has 0 atom stereocenters. The minimum Gasteiger partial charge on any atom is -0.497 e. The number of hydrogen-bond donors (Lipinski definition) is 0. The van der Waals surface area contributed by atoms with Gasteiger partial charge in [0.15, 0.2) is 0 Å². The molecule has 2 aromatic carbocycles. The first-order valence-corrected chi connectivity index (χ1v) is 9.00. The van der Waals surface area contributed by atoms with Crippen molar-refractivity contribution in [3.05, 3.63) is 76.1 Å². The van der Waals surface area contributed by atoms with Crippen molar-refractivity contribution in [3.8, 4) is 23.1 Å². The summed E-state index contributed by atoms with van der Waals surface area (Å²) in [6.45, 7) is 0.0258. The van der Waals surface area contributed by atoms with E-state index in [1.807, 2.05) is 41.8 Å². The maximum atomic E-state index is 12.2. The number of benzene rings is 2. The van der Waals surface area contributed by atoms with Crippen LogP contribution in [0.15, 0.2) is 65.6 Å². The molecule has 3 rings (SSSR count). The minimum atomic E-state index is -0.676. The number of hydrogen-bond acceptors (Lipinski definition) is 6. The molecule has 0 saturated carbocycles. The lowest BCUT2D eigenvalue weighted by molar-refractivity contribution is -0.139. The molecular weight excluding hydrogens is 360 g/mol. The predicted molar refractivity (Wildman–Crippen MR) is 104 cm³/mol. The van der Waals surface area contributed by atoms with E-state index in [2.05, 4.69) is 4.98 Å². The average Bonchev–Trinajstić information content (AvgIpc) is 3.20. The summed E-state index contributed by atoms with van der Waals surface area (Å²) in [6.07, 6.45) is 1.49. The number of methoxy groups -OCH3 is 1. The highest BCUT2D eigenvalue weighted by molar-refractivity contribution is 7.09. The number of nitrogens with zero attached hydrogens (tertiary/aromatic N) is 2. The van der Waals surface area contributed by atoms with Crippen molar-refractivity contribution in [1.29, 1.82) is 5.26 Å². The summed E-state index contributed by atoms with van der Waals surface area (Å²) in [5, 5.41) is 11.8. The third-order valence-electron chi connectivity index (χ3n) is 3.72. The standard InChI is InChI=1S/C21H16N2O3S/c1-25-18-9-7-15(8-10-18)11-17(12-22)21(24)26-13-20-23-19(14-27-20)16-5-3-2-4-6-16/h2-11,14H,13H2,1H3/b17-11+. The Morgan fingerprint density at radius 2 is 1.93 bits per heavy atom. The van der Waals surface area contributed by atoms with Gasteiger partial charge in [0, 0.05) is 10.9 Å². The van der Waals surface area contributed by atoms with Gasteiger partial charge < -0.3 is 9.47 Å². The smallest absolute Gasteiger partial charge is 0.349 e. The van der Waals surface area contributed by atoms with Gasteiger partial charge in [-0.2, -0.15) is 5.26 Å². The highest BCUT2D eigenvalue weighted by atomic mass is 32.1. The zero-order valence-corrected chi connectivity index (χ0v) is 15.4. The van der Waals surface area contributed by atoms with Gasteiger partial charge in [0.2, 0.25) is 0 Å². The van der Waals surface area contributed by atoms with Crippen LogP contribution >= 0.6 is 11.3 Å². The fourth-order valence-corrected chi connectivity index (χ4v) is 3.04. The van der Waals surface area contributed by atoms with Gasteiger partial charge in [-0.3, -0.25) is 0 Å². The summed E-state index contributed by atoms with van der Waals surface area (Å²) < 4.78 is 10.3. The Morgan fingerprint density at radius 1 is 1.19 bits per heavy atom. The lowest BCUT2D eigenvalue weighted by atomic mass is 10.1. The van der Waals surface area contributed by atoms with E-state index in [4.69, 9.17) is 9.47 Å². The molecule has 0 saturated heterocycles. The number of esters is 1. The van der Waals surface area contributed by atoms with Gasteiger partial charge in [-0.05, 0) is 23.8 Å². The van der Waals surface area contributed by atoms with Crippen molar-refractivity contribution in [2.45, 2.75) is 6.61 Å². The molecule has 5 nitrogen and oxygen atoms in total. The van der Waals surface area contributed by atoms with Crippen LogP contribution in [0.2, 0.25) is 0 Å². The monoisotopic (exact) mass is 376 g/mol. The van der Waals surface area contributed by atoms with Crippen LogP contribution in [0.3, 0.4) is 0 Å². The second-order valence-electron chi connectivity index (χ2n) is 5.51. The number of nitriles is 1. The molecule has 3 aromatic rings.